The fourth-order valence-electron chi connectivity index (χ4n) is 1.99. The van der Waals surface area contributed by atoms with Gasteiger partial charge >= 0.3 is 5.97 Å². The minimum atomic E-state index is -1.05. The molecule has 0 radical (unpaired) electrons. The first-order valence-electron chi connectivity index (χ1n) is 5.38. The van der Waals surface area contributed by atoms with Crippen LogP contribution in [-0.2, 0) is 4.79 Å². The lowest BCUT2D eigenvalue weighted by Gasteiger charge is -2.13. The molecule has 94 valence electrons. The molecular formula is C12H13N3O3. The minimum Gasteiger partial charge on any atom is -0.480 e. The van der Waals surface area contributed by atoms with Crippen molar-refractivity contribution < 1.29 is 14.7 Å². The third-order valence-corrected chi connectivity index (χ3v) is 2.85. The largest absolute Gasteiger partial charge is 0.480 e. The lowest BCUT2D eigenvalue weighted by Crippen LogP contribution is -2.26. The third-order valence-electron chi connectivity index (χ3n) is 2.85. The number of carbonyl (C=O) groups excluding carboxylic acids is 1. The van der Waals surface area contributed by atoms with E-state index in [1.54, 1.807) is 24.3 Å². The molecule has 1 atom stereocenters. The number of benzene rings is 1. The van der Waals surface area contributed by atoms with Gasteiger partial charge in [0.15, 0.2) is 0 Å². The summed E-state index contributed by atoms with van der Waals surface area (Å²) in [7, 11) is 0. The molecule has 1 amide bonds. The van der Waals surface area contributed by atoms with Gasteiger partial charge in [-0.3, -0.25) is 4.79 Å². The van der Waals surface area contributed by atoms with Crippen molar-refractivity contribution in [3.05, 3.63) is 36.0 Å². The van der Waals surface area contributed by atoms with Crippen LogP contribution in [0.15, 0.2) is 30.5 Å². The molecule has 0 saturated carbocycles. The van der Waals surface area contributed by atoms with Crippen LogP contribution in [0, 0.1) is 0 Å². The Hall–Kier alpha value is -2.34. The number of nitrogens with two attached hydrogens (primary N) is 2. The minimum absolute atomic E-state index is 0.0633. The number of fused-ring (bicyclic) bond motifs is 1. The predicted molar refractivity (Wildman–Crippen MR) is 66.2 cm³/mol. The second kappa shape index (κ2) is 4.50. The molecule has 5 N–H and O–H groups in total. The molecule has 0 fully saturated rings. The molecule has 0 bridgehead atoms. The van der Waals surface area contributed by atoms with E-state index in [4.69, 9.17) is 16.6 Å². The van der Waals surface area contributed by atoms with E-state index in [0.29, 0.717) is 16.5 Å². The zero-order valence-corrected chi connectivity index (χ0v) is 9.54. The van der Waals surface area contributed by atoms with Crippen LogP contribution in [0.5, 0.6) is 0 Å². The fourth-order valence-corrected chi connectivity index (χ4v) is 1.99. The number of rotatable bonds is 4. The number of carboxylic acid groups (broad SMARTS) is 1. The highest BCUT2D eigenvalue weighted by Crippen LogP contribution is 2.24. The predicted octanol–water partition coefficient (Wildman–Crippen LogP) is 0.325. The number of para-hydroxylation sites is 1. The second-order valence-corrected chi connectivity index (χ2v) is 3.92. The van der Waals surface area contributed by atoms with Crippen LogP contribution in [0.3, 0.4) is 0 Å². The molecule has 0 saturated heterocycles. The van der Waals surface area contributed by atoms with Crippen molar-refractivity contribution in [2.24, 2.45) is 11.5 Å². The van der Waals surface area contributed by atoms with Gasteiger partial charge in [-0.25, -0.2) is 4.79 Å². The van der Waals surface area contributed by atoms with Gasteiger partial charge in [0.25, 0.3) is 5.91 Å². The summed E-state index contributed by atoms with van der Waals surface area (Å²) in [5, 5.41) is 9.75. The molecule has 1 heterocycles. The summed E-state index contributed by atoms with van der Waals surface area (Å²) < 4.78 is 1.47. The number of carbonyl (C=O) groups is 2. The molecule has 1 unspecified atom stereocenters. The monoisotopic (exact) mass is 247 g/mol. The highest BCUT2D eigenvalue weighted by molar-refractivity contribution is 6.06. The third kappa shape index (κ3) is 1.82. The molecule has 1 aromatic carbocycles. The Morgan fingerprint density at radius 3 is 2.56 bits per heavy atom. The number of amides is 1. The topological polar surface area (TPSA) is 111 Å². The molecule has 0 aliphatic heterocycles. The molecule has 2 rings (SSSR count). The first-order chi connectivity index (χ1) is 8.56. The zero-order valence-electron chi connectivity index (χ0n) is 9.54. The van der Waals surface area contributed by atoms with Crippen molar-refractivity contribution in [1.29, 1.82) is 0 Å². The molecule has 6 nitrogen and oxygen atoms in total. The van der Waals surface area contributed by atoms with Gasteiger partial charge in [-0.05, 0) is 6.07 Å². The first kappa shape index (κ1) is 12.1. The number of primary amides is 1. The van der Waals surface area contributed by atoms with Crippen molar-refractivity contribution in [2.75, 3.05) is 6.54 Å². The Kier molecular flexibility index (Phi) is 3.03. The maximum Gasteiger partial charge on any atom is 0.328 e. The van der Waals surface area contributed by atoms with E-state index in [-0.39, 0.29) is 6.54 Å². The van der Waals surface area contributed by atoms with Crippen LogP contribution in [0.25, 0.3) is 10.9 Å². The highest BCUT2D eigenvalue weighted by atomic mass is 16.4. The van der Waals surface area contributed by atoms with Crippen molar-refractivity contribution >= 4 is 22.8 Å². The summed E-state index contributed by atoms with van der Waals surface area (Å²) in [5.74, 6) is -1.64. The van der Waals surface area contributed by atoms with Crippen molar-refractivity contribution in [3.63, 3.8) is 0 Å². The number of aliphatic carboxylic acids is 1. The highest BCUT2D eigenvalue weighted by Gasteiger charge is 2.22. The Labute approximate surface area is 103 Å². The summed E-state index contributed by atoms with van der Waals surface area (Å²) in [5.41, 5.74) is 11.7. The van der Waals surface area contributed by atoms with Gasteiger partial charge < -0.3 is 21.1 Å². The van der Waals surface area contributed by atoms with Crippen molar-refractivity contribution in [2.45, 2.75) is 6.04 Å². The average molecular weight is 247 g/mol. The van der Waals surface area contributed by atoms with Crippen LogP contribution in [-0.4, -0.2) is 28.1 Å². The van der Waals surface area contributed by atoms with E-state index in [9.17, 15) is 9.59 Å². The van der Waals surface area contributed by atoms with E-state index in [1.807, 2.05) is 0 Å². The molecule has 0 spiro atoms. The number of hydrogen-bond acceptors (Lipinski definition) is 3. The van der Waals surface area contributed by atoms with Gasteiger partial charge in [-0.15, -0.1) is 0 Å². The maximum absolute atomic E-state index is 11.3. The lowest BCUT2D eigenvalue weighted by molar-refractivity contribution is -0.140. The standard InChI is InChI=1S/C12H13N3O3/c13-5-10(12(17)18)15-6-8(11(14)16)7-3-1-2-4-9(7)15/h1-4,6,10H,5,13H2,(H2,14,16)(H,17,18). The molecule has 2 aromatic rings. The molecular weight excluding hydrogens is 234 g/mol. The van der Waals surface area contributed by atoms with Gasteiger partial charge in [-0.2, -0.15) is 0 Å². The lowest BCUT2D eigenvalue weighted by atomic mass is 10.2. The summed E-state index contributed by atoms with van der Waals surface area (Å²) in [4.78, 5) is 22.5. The smallest absolute Gasteiger partial charge is 0.328 e. The van der Waals surface area contributed by atoms with Gasteiger partial charge in [0, 0.05) is 23.6 Å². The maximum atomic E-state index is 11.3. The van der Waals surface area contributed by atoms with E-state index >= 15 is 0 Å². The second-order valence-electron chi connectivity index (χ2n) is 3.92. The van der Waals surface area contributed by atoms with Crippen LogP contribution < -0.4 is 11.5 Å². The summed E-state index contributed by atoms with van der Waals surface area (Å²) >= 11 is 0. The average Bonchev–Trinajstić information content (AvgIpc) is 2.70. The van der Waals surface area contributed by atoms with Crippen molar-refractivity contribution in [3.8, 4) is 0 Å². The zero-order chi connectivity index (χ0) is 13.3. The quantitative estimate of drug-likeness (QED) is 0.722. The number of aromatic nitrogens is 1. The van der Waals surface area contributed by atoms with E-state index in [1.165, 1.54) is 10.8 Å². The normalized spacial score (nSPS) is 12.5. The van der Waals surface area contributed by atoms with E-state index in [0.717, 1.165) is 0 Å². The molecule has 0 aliphatic rings. The number of carboxylic acids is 1. The van der Waals surface area contributed by atoms with Gasteiger partial charge in [0.1, 0.15) is 6.04 Å². The Morgan fingerprint density at radius 2 is 2.00 bits per heavy atom. The molecule has 0 aliphatic carbocycles. The van der Waals surface area contributed by atoms with Gasteiger partial charge in [0.05, 0.1) is 5.56 Å². The number of nitrogens with zero attached hydrogens (tertiary/aromatic N) is 1. The van der Waals surface area contributed by atoms with E-state index in [2.05, 4.69) is 0 Å². The first-order valence-corrected chi connectivity index (χ1v) is 5.38. The van der Waals surface area contributed by atoms with Crippen LogP contribution >= 0.6 is 0 Å². The number of hydrogen-bond donors (Lipinski definition) is 3. The van der Waals surface area contributed by atoms with Crippen LogP contribution in [0.2, 0.25) is 0 Å². The summed E-state index contributed by atoms with van der Waals surface area (Å²) in [6.07, 6.45) is 1.44. The van der Waals surface area contributed by atoms with Crippen molar-refractivity contribution in [1.82, 2.24) is 4.57 Å². The van der Waals surface area contributed by atoms with E-state index < -0.39 is 17.9 Å². The molecule has 6 heteroatoms. The SMILES string of the molecule is NCC(C(=O)O)n1cc(C(N)=O)c2ccccc21. The summed E-state index contributed by atoms with van der Waals surface area (Å²) in [6.45, 7) is -0.0633. The Morgan fingerprint density at radius 1 is 1.33 bits per heavy atom. The Bertz CT molecular complexity index is 618. The Balaban J connectivity index is 2.71. The molecule has 1 aromatic heterocycles. The fraction of sp³-hybridized carbons (Fsp3) is 0.167. The van der Waals surface area contributed by atoms with Gasteiger partial charge in [0.2, 0.25) is 0 Å². The summed E-state index contributed by atoms with van der Waals surface area (Å²) in [6, 6.07) is 6.06. The molecule has 18 heavy (non-hydrogen) atoms. The van der Waals surface area contributed by atoms with Crippen LogP contribution in [0.4, 0.5) is 0 Å². The van der Waals surface area contributed by atoms with Crippen LogP contribution in [0.1, 0.15) is 16.4 Å². The van der Waals surface area contributed by atoms with Gasteiger partial charge in [-0.1, -0.05) is 18.2 Å².